The van der Waals surface area contributed by atoms with Gasteiger partial charge in [0.1, 0.15) is 10.7 Å². The van der Waals surface area contributed by atoms with Gasteiger partial charge in [0.05, 0.1) is 0 Å². The van der Waals surface area contributed by atoms with Crippen LogP contribution in [-0.4, -0.2) is 40.0 Å². The quantitative estimate of drug-likeness (QED) is 0.703. The Balaban J connectivity index is 1.80. The number of piperidine rings is 1. The molecule has 1 amide bonds. The SMILES string of the molecule is O=C(CCNS(=O)(=O)c1ccccc1F)NC1CCNCC1. The average molecular weight is 329 g/mol. The second-order valence-electron chi connectivity index (χ2n) is 5.17. The third-order valence-corrected chi connectivity index (χ3v) is 4.97. The summed E-state index contributed by atoms with van der Waals surface area (Å²) in [6.07, 6.45) is 1.76. The molecule has 0 atom stereocenters. The van der Waals surface area contributed by atoms with Crippen LogP contribution in [0, 0.1) is 5.82 Å². The summed E-state index contributed by atoms with van der Waals surface area (Å²) in [5.74, 6) is -1.02. The van der Waals surface area contributed by atoms with E-state index in [0.717, 1.165) is 32.0 Å². The molecule has 3 N–H and O–H groups in total. The first-order valence-electron chi connectivity index (χ1n) is 7.23. The van der Waals surface area contributed by atoms with Gasteiger partial charge in [-0.15, -0.1) is 0 Å². The number of amides is 1. The topological polar surface area (TPSA) is 87.3 Å². The van der Waals surface area contributed by atoms with Crippen molar-refractivity contribution in [2.45, 2.75) is 30.2 Å². The van der Waals surface area contributed by atoms with E-state index in [4.69, 9.17) is 0 Å². The molecular formula is C14H20FN3O3S. The molecule has 8 heteroatoms. The summed E-state index contributed by atoms with van der Waals surface area (Å²) in [6, 6.07) is 5.27. The highest BCUT2D eigenvalue weighted by atomic mass is 32.2. The summed E-state index contributed by atoms with van der Waals surface area (Å²) in [5, 5.41) is 6.06. The molecule has 1 aliphatic rings. The summed E-state index contributed by atoms with van der Waals surface area (Å²) in [7, 11) is -3.93. The Hall–Kier alpha value is -1.51. The third kappa shape index (κ3) is 4.75. The molecule has 2 rings (SSSR count). The predicted octanol–water partition coefficient (Wildman–Crippen LogP) is 0.362. The minimum absolute atomic E-state index is 0.0254. The van der Waals surface area contributed by atoms with E-state index in [0.29, 0.717) is 0 Å². The number of carbonyl (C=O) groups is 1. The Morgan fingerprint density at radius 1 is 1.27 bits per heavy atom. The van der Waals surface area contributed by atoms with Crippen molar-refractivity contribution < 1.29 is 17.6 Å². The number of halogens is 1. The fourth-order valence-electron chi connectivity index (χ4n) is 2.31. The first-order valence-corrected chi connectivity index (χ1v) is 8.71. The van der Waals surface area contributed by atoms with Gasteiger partial charge in [-0.05, 0) is 38.1 Å². The lowest BCUT2D eigenvalue weighted by Gasteiger charge is -2.23. The van der Waals surface area contributed by atoms with Crippen molar-refractivity contribution in [3.8, 4) is 0 Å². The van der Waals surface area contributed by atoms with Crippen molar-refractivity contribution in [2.75, 3.05) is 19.6 Å². The molecule has 0 spiro atoms. The van der Waals surface area contributed by atoms with Crippen molar-refractivity contribution >= 4 is 15.9 Å². The van der Waals surface area contributed by atoms with Crippen LogP contribution in [-0.2, 0) is 14.8 Å². The Morgan fingerprint density at radius 3 is 2.64 bits per heavy atom. The molecule has 0 aliphatic carbocycles. The number of rotatable bonds is 6. The monoisotopic (exact) mass is 329 g/mol. The Morgan fingerprint density at radius 2 is 1.95 bits per heavy atom. The van der Waals surface area contributed by atoms with Crippen LogP contribution in [0.1, 0.15) is 19.3 Å². The summed E-state index contributed by atoms with van der Waals surface area (Å²) in [4.78, 5) is 11.4. The molecule has 1 heterocycles. The van der Waals surface area contributed by atoms with Gasteiger partial charge in [-0.3, -0.25) is 4.79 Å². The van der Waals surface area contributed by atoms with Crippen molar-refractivity contribution in [1.29, 1.82) is 0 Å². The van der Waals surface area contributed by atoms with Crippen molar-refractivity contribution in [2.24, 2.45) is 0 Å². The molecule has 1 aromatic rings. The van der Waals surface area contributed by atoms with Gasteiger partial charge < -0.3 is 10.6 Å². The lowest BCUT2D eigenvalue weighted by molar-refractivity contribution is -0.121. The molecule has 0 radical (unpaired) electrons. The predicted molar refractivity (Wildman–Crippen MR) is 80.2 cm³/mol. The van der Waals surface area contributed by atoms with Gasteiger partial charge in [0.15, 0.2) is 0 Å². The lowest BCUT2D eigenvalue weighted by atomic mass is 10.1. The first kappa shape index (κ1) is 16.9. The highest BCUT2D eigenvalue weighted by Gasteiger charge is 2.19. The van der Waals surface area contributed by atoms with Crippen molar-refractivity contribution in [3.63, 3.8) is 0 Å². The third-order valence-electron chi connectivity index (χ3n) is 3.47. The average Bonchev–Trinajstić information content (AvgIpc) is 2.48. The normalized spacial score (nSPS) is 16.4. The molecule has 0 saturated carbocycles. The Labute approximate surface area is 129 Å². The van der Waals surface area contributed by atoms with Crippen LogP contribution >= 0.6 is 0 Å². The smallest absolute Gasteiger partial charge is 0.243 e. The molecule has 1 fully saturated rings. The van der Waals surface area contributed by atoms with Gasteiger partial charge in [-0.1, -0.05) is 12.1 Å². The maximum atomic E-state index is 13.5. The number of benzene rings is 1. The van der Waals surface area contributed by atoms with Crippen molar-refractivity contribution in [1.82, 2.24) is 15.4 Å². The molecule has 6 nitrogen and oxygen atoms in total. The standard InChI is InChI=1S/C14H20FN3O3S/c15-12-3-1-2-4-13(12)22(20,21)17-10-7-14(19)18-11-5-8-16-9-6-11/h1-4,11,16-17H,5-10H2,(H,18,19). The largest absolute Gasteiger partial charge is 0.353 e. The van der Waals surface area contributed by atoms with E-state index in [-0.39, 0.29) is 24.9 Å². The minimum Gasteiger partial charge on any atom is -0.353 e. The van der Waals surface area contributed by atoms with E-state index < -0.39 is 20.7 Å². The first-order chi connectivity index (χ1) is 10.5. The van der Waals surface area contributed by atoms with E-state index in [1.807, 2.05) is 0 Å². The minimum atomic E-state index is -3.93. The molecule has 0 aromatic heterocycles. The van der Waals surface area contributed by atoms with Crippen LogP contribution in [0.4, 0.5) is 4.39 Å². The molecule has 22 heavy (non-hydrogen) atoms. The van der Waals surface area contributed by atoms with Crippen LogP contribution in [0.3, 0.4) is 0 Å². The molecule has 122 valence electrons. The second kappa shape index (κ2) is 7.66. The van der Waals surface area contributed by atoms with Gasteiger partial charge in [0.25, 0.3) is 0 Å². The highest BCUT2D eigenvalue weighted by molar-refractivity contribution is 7.89. The summed E-state index contributed by atoms with van der Waals surface area (Å²) >= 11 is 0. The Kier molecular flexibility index (Phi) is 5.87. The van der Waals surface area contributed by atoms with Crippen LogP contribution in [0.25, 0.3) is 0 Å². The maximum Gasteiger partial charge on any atom is 0.243 e. The fourth-order valence-corrected chi connectivity index (χ4v) is 3.41. The molecule has 0 unspecified atom stereocenters. The number of hydrogen-bond donors (Lipinski definition) is 3. The summed E-state index contributed by atoms with van der Waals surface area (Å²) in [5.41, 5.74) is 0. The van der Waals surface area contributed by atoms with Crippen molar-refractivity contribution in [3.05, 3.63) is 30.1 Å². The van der Waals surface area contributed by atoms with Gasteiger partial charge in [-0.25, -0.2) is 17.5 Å². The van der Waals surface area contributed by atoms with Crippen LogP contribution in [0.15, 0.2) is 29.2 Å². The fraction of sp³-hybridized carbons (Fsp3) is 0.500. The van der Waals surface area contributed by atoms with Gasteiger partial charge >= 0.3 is 0 Å². The van der Waals surface area contributed by atoms with E-state index in [9.17, 15) is 17.6 Å². The summed E-state index contributed by atoms with van der Waals surface area (Å²) in [6.45, 7) is 1.67. The summed E-state index contributed by atoms with van der Waals surface area (Å²) < 4.78 is 39.6. The zero-order chi connectivity index (χ0) is 16.0. The van der Waals surface area contributed by atoms with E-state index in [1.54, 1.807) is 0 Å². The number of hydrogen-bond acceptors (Lipinski definition) is 4. The lowest BCUT2D eigenvalue weighted by Crippen LogP contribution is -2.43. The van der Waals surface area contributed by atoms with E-state index in [2.05, 4.69) is 15.4 Å². The number of sulfonamides is 1. The highest BCUT2D eigenvalue weighted by Crippen LogP contribution is 2.12. The van der Waals surface area contributed by atoms with E-state index in [1.165, 1.54) is 18.2 Å². The molecule has 1 saturated heterocycles. The zero-order valence-corrected chi connectivity index (χ0v) is 13.0. The van der Waals surface area contributed by atoms with Crippen LogP contribution < -0.4 is 15.4 Å². The molecule has 1 aliphatic heterocycles. The zero-order valence-electron chi connectivity index (χ0n) is 12.1. The van der Waals surface area contributed by atoms with Gasteiger partial charge in [-0.2, -0.15) is 0 Å². The maximum absolute atomic E-state index is 13.5. The Bertz CT molecular complexity index is 616. The number of carbonyl (C=O) groups excluding carboxylic acids is 1. The molecule has 0 bridgehead atoms. The van der Waals surface area contributed by atoms with Gasteiger partial charge in [0, 0.05) is 19.0 Å². The number of nitrogens with one attached hydrogen (secondary N) is 3. The van der Waals surface area contributed by atoms with Crippen LogP contribution in [0.2, 0.25) is 0 Å². The molecule has 1 aromatic carbocycles. The second-order valence-corrected chi connectivity index (χ2v) is 6.91. The van der Waals surface area contributed by atoms with Crippen LogP contribution in [0.5, 0.6) is 0 Å². The van der Waals surface area contributed by atoms with Gasteiger partial charge in [0.2, 0.25) is 15.9 Å². The molecular weight excluding hydrogens is 309 g/mol. The van der Waals surface area contributed by atoms with E-state index >= 15 is 0 Å².